The zero-order valence-corrected chi connectivity index (χ0v) is 22.5. The van der Waals surface area contributed by atoms with Gasteiger partial charge >= 0.3 is 0 Å². The SMILES string of the molecule is COc1cc(Nc2nccc(Nc3cnc4ccc(C5CC5)cc4c3)n2)ccc1OCCCN1CCCCC1. The second-order valence-electron chi connectivity index (χ2n) is 10.4. The number of nitrogens with zero attached hydrogens (tertiary/aromatic N) is 4. The number of hydrogen-bond acceptors (Lipinski definition) is 8. The Kier molecular flexibility index (Phi) is 7.72. The van der Waals surface area contributed by atoms with E-state index < -0.39 is 0 Å². The third kappa shape index (κ3) is 6.57. The van der Waals surface area contributed by atoms with Crippen molar-refractivity contribution in [1.29, 1.82) is 0 Å². The van der Waals surface area contributed by atoms with Crippen LogP contribution in [0.2, 0.25) is 0 Å². The number of likely N-dealkylation sites (tertiary alicyclic amines) is 1. The molecule has 2 aliphatic rings. The van der Waals surface area contributed by atoms with Gasteiger partial charge in [0.25, 0.3) is 0 Å². The first kappa shape index (κ1) is 25.4. The van der Waals surface area contributed by atoms with Crippen LogP contribution in [0, 0.1) is 0 Å². The molecule has 8 heteroatoms. The molecular weight excluding hydrogens is 488 g/mol. The fourth-order valence-electron chi connectivity index (χ4n) is 5.17. The zero-order chi connectivity index (χ0) is 26.4. The van der Waals surface area contributed by atoms with Crippen LogP contribution in [0.1, 0.15) is 50.0 Å². The van der Waals surface area contributed by atoms with Gasteiger partial charge in [0.05, 0.1) is 31.1 Å². The summed E-state index contributed by atoms with van der Waals surface area (Å²) >= 11 is 0. The molecule has 6 rings (SSSR count). The molecule has 0 atom stereocenters. The normalized spacial score (nSPS) is 15.7. The number of piperidine rings is 1. The Morgan fingerprint density at radius 3 is 2.64 bits per heavy atom. The van der Waals surface area contributed by atoms with E-state index in [4.69, 9.17) is 9.47 Å². The Hall–Kier alpha value is -3.91. The number of fused-ring (bicyclic) bond motifs is 1. The molecular formula is C31H36N6O2. The van der Waals surface area contributed by atoms with Gasteiger partial charge in [-0.25, -0.2) is 4.98 Å². The Balaban J connectivity index is 1.07. The maximum absolute atomic E-state index is 6.04. The second-order valence-corrected chi connectivity index (χ2v) is 10.4. The minimum Gasteiger partial charge on any atom is -0.493 e. The van der Waals surface area contributed by atoms with E-state index in [2.05, 4.69) is 54.8 Å². The Bertz CT molecular complexity index is 1420. The lowest BCUT2D eigenvalue weighted by molar-refractivity contribution is 0.203. The van der Waals surface area contributed by atoms with Gasteiger partial charge in [0, 0.05) is 29.9 Å². The summed E-state index contributed by atoms with van der Waals surface area (Å²) in [5.74, 6) is 3.31. The number of nitrogens with one attached hydrogen (secondary N) is 2. The van der Waals surface area contributed by atoms with Gasteiger partial charge in [-0.2, -0.15) is 4.98 Å². The Morgan fingerprint density at radius 1 is 0.897 bits per heavy atom. The van der Waals surface area contributed by atoms with Crippen LogP contribution in [-0.2, 0) is 0 Å². The number of pyridine rings is 1. The van der Waals surface area contributed by atoms with Gasteiger partial charge in [-0.05, 0) is 93.1 Å². The summed E-state index contributed by atoms with van der Waals surface area (Å²) < 4.78 is 11.6. The summed E-state index contributed by atoms with van der Waals surface area (Å²) in [4.78, 5) is 16.2. The number of benzene rings is 2. The number of hydrogen-bond donors (Lipinski definition) is 2. The van der Waals surface area contributed by atoms with E-state index in [0.717, 1.165) is 41.0 Å². The van der Waals surface area contributed by atoms with Gasteiger partial charge in [0.15, 0.2) is 11.5 Å². The minimum absolute atomic E-state index is 0.488. The van der Waals surface area contributed by atoms with Gasteiger partial charge in [-0.15, -0.1) is 0 Å². The average Bonchev–Trinajstić information content (AvgIpc) is 3.82. The van der Waals surface area contributed by atoms with Gasteiger partial charge in [-0.1, -0.05) is 12.5 Å². The van der Waals surface area contributed by atoms with Crippen molar-refractivity contribution < 1.29 is 9.47 Å². The van der Waals surface area contributed by atoms with Crippen LogP contribution in [-0.4, -0.2) is 53.2 Å². The quantitative estimate of drug-likeness (QED) is 0.211. The van der Waals surface area contributed by atoms with Gasteiger partial charge in [0.2, 0.25) is 5.95 Å². The number of anilines is 4. The molecule has 0 radical (unpaired) electrons. The molecule has 1 saturated carbocycles. The largest absolute Gasteiger partial charge is 0.493 e. The highest BCUT2D eigenvalue weighted by atomic mass is 16.5. The molecule has 1 aliphatic carbocycles. The molecule has 1 saturated heterocycles. The van der Waals surface area contributed by atoms with E-state index in [1.165, 1.54) is 50.8 Å². The molecule has 4 aromatic rings. The molecule has 8 nitrogen and oxygen atoms in total. The van der Waals surface area contributed by atoms with Crippen molar-refractivity contribution in [2.75, 3.05) is 44.0 Å². The summed E-state index contributed by atoms with van der Waals surface area (Å²) in [5.41, 5.74) is 4.12. The van der Waals surface area contributed by atoms with Crippen LogP contribution in [0.4, 0.5) is 23.1 Å². The number of ether oxygens (including phenoxy) is 2. The van der Waals surface area contributed by atoms with E-state index in [1.54, 1.807) is 13.3 Å². The first-order chi connectivity index (χ1) is 19.2. The molecule has 3 heterocycles. The van der Waals surface area contributed by atoms with Gasteiger partial charge < -0.3 is 25.0 Å². The van der Waals surface area contributed by atoms with E-state index in [-0.39, 0.29) is 0 Å². The summed E-state index contributed by atoms with van der Waals surface area (Å²) in [6.45, 7) is 4.17. The average molecular weight is 525 g/mol. The first-order valence-electron chi connectivity index (χ1n) is 14.0. The van der Waals surface area contributed by atoms with Gasteiger partial charge in [-0.3, -0.25) is 4.98 Å². The molecule has 0 amide bonds. The summed E-state index contributed by atoms with van der Waals surface area (Å²) in [7, 11) is 1.66. The van der Waals surface area contributed by atoms with Crippen LogP contribution in [0.15, 0.2) is 60.9 Å². The molecule has 39 heavy (non-hydrogen) atoms. The van der Waals surface area contributed by atoms with E-state index in [1.807, 2.05) is 30.5 Å². The number of aromatic nitrogens is 3. The summed E-state index contributed by atoms with van der Waals surface area (Å²) in [5, 5.41) is 7.78. The number of rotatable bonds is 11. The Labute approximate surface area is 229 Å². The number of methoxy groups -OCH3 is 1. The van der Waals surface area contributed by atoms with Crippen LogP contribution < -0.4 is 20.1 Å². The van der Waals surface area contributed by atoms with Crippen LogP contribution >= 0.6 is 0 Å². The van der Waals surface area contributed by atoms with Crippen molar-refractivity contribution in [3.05, 3.63) is 66.5 Å². The van der Waals surface area contributed by atoms with Crippen molar-refractivity contribution in [1.82, 2.24) is 19.9 Å². The monoisotopic (exact) mass is 524 g/mol. The molecule has 0 spiro atoms. The highest BCUT2D eigenvalue weighted by molar-refractivity contribution is 5.83. The zero-order valence-electron chi connectivity index (χ0n) is 22.5. The maximum atomic E-state index is 6.04. The van der Waals surface area contributed by atoms with Crippen LogP contribution in [0.3, 0.4) is 0 Å². The standard InChI is InChI=1S/C31H36N6O2/c1-38-29-20-25(9-11-28(29)39-17-5-16-37-14-3-2-4-15-37)35-31-32-13-12-30(36-31)34-26-19-24-18-23(22-6-7-22)8-10-27(24)33-21-26/h8-13,18-22H,2-7,14-17H2,1H3,(H2,32,34,35,36). The lowest BCUT2D eigenvalue weighted by atomic mass is 10.1. The predicted octanol–water partition coefficient (Wildman–Crippen LogP) is 6.65. The van der Waals surface area contributed by atoms with Gasteiger partial charge in [0.1, 0.15) is 5.82 Å². The smallest absolute Gasteiger partial charge is 0.229 e. The van der Waals surface area contributed by atoms with Crippen molar-refractivity contribution in [2.45, 2.75) is 44.4 Å². The highest BCUT2D eigenvalue weighted by Gasteiger charge is 2.23. The van der Waals surface area contributed by atoms with Crippen LogP contribution in [0.5, 0.6) is 11.5 Å². The fourth-order valence-corrected chi connectivity index (χ4v) is 5.17. The third-order valence-electron chi connectivity index (χ3n) is 7.43. The fraction of sp³-hybridized carbons (Fsp3) is 0.387. The van der Waals surface area contributed by atoms with Crippen LogP contribution in [0.25, 0.3) is 10.9 Å². The summed E-state index contributed by atoms with van der Waals surface area (Å²) in [6, 6.07) is 16.3. The molecule has 2 fully saturated rings. The van der Waals surface area contributed by atoms with Crippen molar-refractivity contribution in [3.8, 4) is 11.5 Å². The van der Waals surface area contributed by atoms with Crippen molar-refractivity contribution in [3.63, 3.8) is 0 Å². The highest BCUT2D eigenvalue weighted by Crippen LogP contribution is 2.41. The molecule has 0 unspecified atom stereocenters. The molecule has 2 aromatic carbocycles. The summed E-state index contributed by atoms with van der Waals surface area (Å²) in [6.07, 6.45) is 11.1. The lowest BCUT2D eigenvalue weighted by Gasteiger charge is -2.26. The molecule has 0 bridgehead atoms. The minimum atomic E-state index is 0.488. The predicted molar refractivity (Wildman–Crippen MR) is 156 cm³/mol. The van der Waals surface area contributed by atoms with E-state index in [0.29, 0.717) is 30.0 Å². The molecule has 202 valence electrons. The second kappa shape index (κ2) is 11.9. The topological polar surface area (TPSA) is 84.4 Å². The van der Waals surface area contributed by atoms with Crippen molar-refractivity contribution in [2.24, 2.45) is 0 Å². The third-order valence-corrected chi connectivity index (χ3v) is 7.43. The lowest BCUT2D eigenvalue weighted by Crippen LogP contribution is -2.31. The van der Waals surface area contributed by atoms with E-state index in [9.17, 15) is 0 Å². The van der Waals surface area contributed by atoms with E-state index >= 15 is 0 Å². The Morgan fingerprint density at radius 2 is 1.79 bits per heavy atom. The van der Waals surface area contributed by atoms with Crippen molar-refractivity contribution >= 4 is 34.0 Å². The maximum Gasteiger partial charge on any atom is 0.229 e. The first-order valence-corrected chi connectivity index (χ1v) is 14.0. The molecule has 2 aromatic heterocycles. The molecule has 1 aliphatic heterocycles. The molecule has 2 N–H and O–H groups in total.